The van der Waals surface area contributed by atoms with E-state index in [1.54, 1.807) is 0 Å². The fourth-order valence-electron chi connectivity index (χ4n) is 2.21. The van der Waals surface area contributed by atoms with Gasteiger partial charge < -0.3 is 4.48 Å². The van der Waals surface area contributed by atoms with Gasteiger partial charge in [0.15, 0.2) is 0 Å². The van der Waals surface area contributed by atoms with Crippen LogP contribution in [-0.4, -0.2) is 50.3 Å². The largest absolute Gasteiger partial charge is 0.314 e. The first-order chi connectivity index (χ1) is 5.45. The summed E-state index contributed by atoms with van der Waals surface area (Å²) in [6.07, 6.45) is 3.14. The normalized spacial score (nSPS) is 15.2. The van der Waals surface area contributed by atoms with Crippen molar-refractivity contribution in [3.63, 3.8) is 0 Å². The quantitative estimate of drug-likeness (QED) is 0.452. The van der Waals surface area contributed by atoms with Gasteiger partial charge in [-0.25, -0.2) is 0 Å². The maximum Gasteiger partial charge on any atom is 0.144 e. The van der Waals surface area contributed by atoms with Gasteiger partial charge in [0.2, 0.25) is 0 Å². The Balaban J connectivity index is 4.25. The molecular weight excluding hydrogens is 148 g/mol. The van der Waals surface area contributed by atoms with Crippen LogP contribution in [0.15, 0.2) is 0 Å². The third-order valence-corrected chi connectivity index (χ3v) is 2.57. The molecule has 0 bridgehead atoms. The smallest absolute Gasteiger partial charge is 0.144 e. The molecule has 0 fully saturated rings. The average molecular weight is 173 g/mol. The van der Waals surface area contributed by atoms with Crippen LogP contribution in [0.4, 0.5) is 0 Å². The van der Waals surface area contributed by atoms with Crippen LogP contribution < -0.4 is 0 Å². The van der Waals surface area contributed by atoms with E-state index in [1.807, 2.05) is 0 Å². The SMILES string of the molecule is CCC[N+](C)(C)C(CC)N(C)C. The summed E-state index contributed by atoms with van der Waals surface area (Å²) in [5, 5.41) is 0. The molecule has 0 saturated heterocycles. The standard InChI is InChI=1S/C10H25N2/c1-7-9-12(5,6)10(8-2)11(3)4/h10H,7-9H2,1-6H3/q+1. The number of rotatable bonds is 5. The lowest BCUT2D eigenvalue weighted by Crippen LogP contribution is -2.55. The molecule has 0 aliphatic rings. The van der Waals surface area contributed by atoms with Crippen LogP contribution >= 0.6 is 0 Å². The lowest BCUT2D eigenvalue weighted by molar-refractivity contribution is -0.926. The Morgan fingerprint density at radius 2 is 1.67 bits per heavy atom. The second-order valence-corrected chi connectivity index (χ2v) is 4.35. The van der Waals surface area contributed by atoms with E-state index in [2.05, 4.69) is 46.9 Å². The minimum absolute atomic E-state index is 0.657. The van der Waals surface area contributed by atoms with Gasteiger partial charge in [-0.2, -0.15) is 0 Å². The van der Waals surface area contributed by atoms with Crippen LogP contribution in [0, 0.1) is 0 Å². The Bertz CT molecular complexity index is 119. The molecule has 0 N–H and O–H groups in total. The zero-order valence-electron chi connectivity index (χ0n) is 9.59. The van der Waals surface area contributed by atoms with Gasteiger partial charge in [0.25, 0.3) is 0 Å². The van der Waals surface area contributed by atoms with Crippen molar-refractivity contribution in [3.8, 4) is 0 Å². The zero-order chi connectivity index (χ0) is 9.78. The Hall–Kier alpha value is -0.0800. The Morgan fingerprint density at radius 1 is 1.17 bits per heavy atom. The van der Waals surface area contributed by atoms with Gasteiger partial charge in [0.1, 0.15) is 6.17 Å². The molecule has 1 atom stereocenters. The molecule has 0 radical (unpaired) electrons. The van der Waals surface area contributed by atoms with E-state index in [0.29, 0.717) is 6.17 Å². The highest BCUT2D eigenvalue weighted by atomic mass is 15.4. The third kappa shape index (κ3) is 3.11. The van der Waals surface area contributed by atoms with Crippen LogP contribution in [0.1, 0.15) is 26.7 Å². The highest BCUT2D eigenvalue weighted by Crippen LogP contribution is 2.13. The summed E-state index contributed by atoms with van der Waals surface area (Å²) < 4.78 is 1.11. The van der Waals surface area contributed by atoms with E-state index >= 15 is 0 Å². The molecule has 0 heterocycles. The third-order valence-electron chi connectivity index (χ3n) is 2.57. The van der Waals surface area contributed by atoms with Crippen LogP contribution in [0.2, 0.25) is 0 Å². The fourth-order valence-corrected chi connectivity index (χ4v) is 2.21. The topological polar surface area (TPSA) is 3.24 Å². The van der Waals surface area contributed by atoms with Crippen molar-refractivity contribution in [1.29, 1.82) is 0 Å². The van der Waals surface area contributed by atoms with E-state index in [1.165, 1.54) is 19.4 Å². The van der Waals surface area contributed by atoms with Gasteiger partial charge in [-0.1, -0.05) is 13.8 Å². The molecule has 0 aliphatic heterocycles. The number of quaternary nitrogens is 1. The summed E-state index contributed by atoms with van der Waals surface area (Å²) in [5.74, 6) is 0. The van der Waals surface area contributed by atoms with Gasteiger partial charge in [-0.15, -0.1) is 0 Å². The maximum atomic E-state index is 2.33. The van der Waals surface area contributed by atoms with Gasteiger partial charge in [-0.3, -0.25) is 4.90 Å². The predicted molar refractivity (Wildman–Crippen MR) is 55.0 cm³/mol. The molecule has 0 aliphatic carbocycles. The summed E-state index contributed by atoms with van der Waals surface area (Å²) >= 11 is 0. The molecule has 1 unspecified atom stereocenters. The average Bonchev–Trinajstić information content (AvgIpc) is 1.86. The first-order valence-electron chi connectivity index (χ1n) is 4.94. The molecule has 0 spiro atoms. The van der Waals surface area contributed by atoms with Crippen LogP contribution in [0.25, 0.3) is 0 Å². The Labute approximate surface area is 77.8 Å². The van der Waals surface area contributed by atoms with E-state index in [9.17, 15) is 0 Å². The molecule has 0 aromatic heterocycles. The molecule has 0 amide bonds. The van der Waals surface area contributed by atoms with E-state index < -0.39 is 0 Å². The first kappa shape index (κ1) is 11.9. The van der Waals surface area contributed by atoms with Crippen molar-refractivity contribution >= 4 is 0 Å². The lowest BCUT2D eigenvalue weighted by atomic mass is 10.2. The maximum absolute atomic E-state index is 2.33. The van der Waals surface area contributed by atoms with Crippen molar-refractivity contribution in [3.05, 3.63) is 0 Å². The molecule has 0 aromatic carbocycles. The summed E-state index contributed by atoms with van der Waals surface area (Å²) in [6.45, 7) is 5.78. The molecule has 0 saturated carbocycles. The number of hydrogen-bond donors (Lipinski definition) is 0. The monoisotopic (exact) mass is 173 g/mol. The summed E-state index contributed by atoms with van der Waals surface area (Å²) in [5.41, 5.74) is 0. The van der Waals surface area contributed by atoms with Gasteiger partial charge in [0.05, 0.1) is 20.6 Å². The first-order valence-corrected chi connectivity index (χ1v) is 4.94. The predicted octanol–water partition coefficient (Wildman–Crippen LogP) is 1.77. The summed E-state index contributed by atoms with van der Waals surface area (Å²) in [7, 11) is 8.98. The molecule has 74 valence electrons. The zero-order valence-corrected chi connectivity index (χ0v) is 9.59. The fraction of sp³-hybridized carbons (Fsp3) is 1.00. The van der Waals surface area contributed by atoms with Crippen molar-refractivity contribution in [1.82, 2.24) is 4.90 Å². The van der Waals surface area contributed by atoms with Gasteiger partial charge in [-0.05, 0) is 20.5 Å². The van der Waals surface area contributed by atoms with Crippen molar-refractivity contribution in [2.45, 2.75) is 32.9 Å². The van der Waals surface area contributed by atoms with Crippen molar-refractivity contribution in [2.75, 3.05) is 34.7 Å². The van der Waals surface area contributed by atoms with Crippen molar-refractivity contribution < 1.29 is 4.48 Å². The minimum Gasteiger partial charge on any atom is -0.314 e. The van der Waals surface area contributed by atoms with Gasteiger partial charge >= 0.3 is 0 Å². The molecule has 2 heteroatoms. The highest BCUT2D eigenvalue weighted by molar-refractivity contribution is 4.51. The Morgan fingerprint density at radius 3 is 1.92 bits per heavy atom. The van der Waals surface area contributed by atoms with Crippen LogP contribution in [0.3, 0.4) is 0 Å². The van der Waals surface area contributed by atoms with E-state index in [0.717, 1.165) is 4.48 Å². The number of hydrogen-bond acceptors (Lipinski definition) is 1. The van der Waals surface area contributed by atoms with E-state index in [-0.39, 0.29) is 0 Å². The molecule has 2 nitrogen and oxygen atoms in total. The molecule has 0 aromatic rings. The summed E-state index contributed by atoms with van der Waals surface area (Å²) in [4.78, 5) is 2.33. The second kappa shape index (κ2) is 4.83. The molecular formula is C10H25N2+. The highest BCUT2D eigenvalue weighted by Gasteiger charge is 2.27. The van der Waals surface area contributed by atoms with Crippen molar-refractivity contribution in [2.24, 2.45) is 0 Å². The van der Waals surface area contributed by atoms with E-state index in [4.69, 9.17) is 0 Å². The van der Waals surface area contributed by atoms with Gasteiger partial charge in [0, 0.05) is 6.42 Å². The van der Waals surface area contributed by atoms with Crippen LogP contribution in [-0.2, 0) is 0 Å². The number of nitrogens with zero attached hydrogens (tertiary/aromatic N) is 2. The Kier molecular flexibility index (Phi) is 4.80. The second-order valence-electron chi connectivity index (χ2n) is 4.35. The minimum atomic E-state index is 0.657. The summed E-state index contributed by atoms with van der Waals surface area (Å²) in [6, 6.07) is 0. The molecule has 0 rings (SSSR count). The lowest BCUT2D eigenvalue weighted by Gasteiger charge is -2.40. The molecule has 12 heavy (non-hydrogen) atoms. The van der Waals surface area contributed by atoms with Crippen LogP contribution in [0.5, 0.6) is 0 Å².